The molecule has 2 rings (SSSR count). The molecule has 2 N–H and O–H groups in total. The Hall–Kier alpha value is -0.540. The Bertz CT molecular complexity index is 597. The van der Waals surface area contributed by atoms with Crippen molar-refractivity contribution in [3.8, 4) is 11.3 Å². The molecular weight excluding hydrogens is 400 g/mol. The maximum absolute atomic E-state index is 12.9. The van der Waals surface area contributed by atoms with Crippen LogP contribution in [0, 0.1) is 2.88 Å². The van der Waals surface area contributed by atoms with E-state index in [0.717, 1.165) is 17.4 Å². The highest BCUT2D eigenvalue weighted by atomic mass is 127. The smallest absolute Gasteiger partial charge is 0.375 e. The van der Waals surface area contributed by atoms with Gasteiger partial charge in [-0.25, -0.2) is 4.98 Å². The molecule has 0 saturated heterocycles. The second-order valence-electron chi connectivity index (χ2n) is 3.33. The van der Waals surface area contributed by atoms with Crippen molar-refractivity contribution in [3.63, 3.8) is 0 Å². The van der Waals surface area contributed by atoms with E-state index in [1.807, 2.05) is 22.6 Å². The van der Waals surface area contributed by atoms with Crippen LogP contribution in [0.25, 0.3) is 11.3 Å². The van der Waals surface area contributed by atoms with Crippen LogP contribution in [-0.2, 0) is 6.18 Å². The van der Waals surface area contributed by atoms with Crippen LogP contribution in [0.3, 0.4) is 0 Å². The summed E-state index contributed by atoms with van der Waals surface area (Å²) >= 11 is 8.89. The normalized spacial score (nSPS) is 11.8. The van der Waals surface area contributed by atoms with Crippen molar-refractivity contribution < 1.29 is 13.2 Å². The van der Waals surface area contributed by atoms with Crippen molar-refractivity contribution in [2.24, 2.45) is 0 Å². The van der Waals surface area contributed by atoms with E-state index >= 15 is 0 Å². The van der Waals surface area contributed by atoms with Crippen molar-refractivity contribution in [1.82, 2.24) is 4.98 Å². The average molecular weight is 405 g/mol. The van der Waals surface area contributed by atoms with E-state index in [0.29, 0.717) is 2.88 Å². The van der Waals surface area contributed by atoms with E-state index in [2.05, 4.69) is 4.98 Å². The van der Waals surface area contributed by atoms with Crippen LogP contribution in [0.1, 0.15) is 5.56 Å². The van der Waals surface area contributed by atoms with Gasteiger partial charge in [0.15, 0.2) is 5.13 Å². The van der Waals surface area contributed by atoms with Crippen LogP contribution in [0.5, 0.6) is 0 Å². The number of hydrogen-bond acceptors (Lipinski definition) is 3. The van der Waals surface area contributed by atoms with Crippen molar-refractivity contribution in [2.45, 2.75) is 6.18 Å². The fourth-order valence-corrected chi connectivity index (χ4v) is 3.37. The predicted molar refractivity (Wildman–Crippen MR) is 74.7 cm³/mol. The van der Waals surface area contributed by atoms with Crippen LogP contribution >= 0.6 is 45.5 Å². The number of alkyl halides is 3. The van der Waals surface area contributed by atoms with Gasteiger partial charge in [-0.05, 0) is 34.7 Å². The van der Waals surface area contributed by atoms with Crippen LogP contribution in [0.2, 0.25) is 5.02 Å². The molecular formula is C10H5ClF3IN2S. The summed E-state index contributed by atoms with van der Waals surface area (Å²) in [6, 6.07) is 3.64. The van der Waals surface area contributed by atoms with Gasteiger partial charge in [0.1, 0.15) is 0 Å². The standard InChI is InChI=1S/C10H5ClF3IN2S/c11-5-3-1-2-4(10(12,13)14)6(5)7-8(15)18-9(16)17-7/h1-3H,(H2,16,17). The minimum absolute atomic E-state index is 0.00745. The third-order valence-electron chi connectivity index (χ3n) is 2.16. The monoisotopic (exact) mass is 404 g/mol. The molecule has 0 amide bonds. The van der Waals surface area contributed by atoms with Crippen molar-refractivity contribution in [2.75, 3.05) is 5.73 Å². The molecule has 0 atom stereocenters. The zero-order valence-electron chi connectivity index (χ0n) is 8.55. The highest BCUT2D eigenvalue weighted by Gasteiger charge is 2.35. The molecule has 18 heavy (non-hydrogen) atoms. The quantitative estimate of drug-likeness (QED) is 0.702. The molecule has 0 aliphatic carbocycles. The molecule has 1 aromatic carbocycles. The molecule has 8 heteroatoms. The third-order valence-corrected chi connectivity index (χ3v) is 4.32. The second kappa shape index (κ2) is 4.86. The lowest BCUT2D eigenvalue weighted by Gasteiger charge is -2.12. The second-order valence-corrected chi connectivity index (χ2v) is 6.58. The lowest BCUT2D eigenvalue weighted by molar-refractivity contribution is -0.137. The Morgan fingerprint density at radius 1 is 1.33 bits per heavy atom. The van der Waals surface area contributed by atoms with Gasteiger partial charge in [-0.1, -0.05) is 29.0 Å². The first kappa shape index (κ1) is 13.9. The fraction of sp³-hybridized carbons (Fsp3) is 0.100. The van der Waals surface area contributed by atoms with Gasteiger partial charge in [0, 0.05) is 5.56 Å². The summed E-state index contributed by atoms with van der Waals surface area (Å²) < 4.78 is 39.4. The van der Waals surface area contributed by atoms with E-state index in [1.165, 1.54) is 12.1 Å². The van der Waals surface area contributed by atoms with Crippen LogP contribution in [-0.4, -0.2) is 4.98 Å². The average Bonchev–Trinajstić information content (AvgIpc) is 2.56. The summed E-state index contributed by atoms with van der Waals surface area (Å²) in [6.45, 7) is 0. The van der Waals surface area contributed by atoms with E-state index in [-0.39, 0.29) is 21.4 Å². The van der Waals surface area contributed by atoms with Gasteiger partial charge in [-0.2, -0.15) is 13.2 Å². The number of nitrogens with zero attached hydrogens (tertiary/aromatic N) is 1. The van der Waals surface area contributed by atoms with Gasteiger partial charge in [-0.15, -0.1) is 0 Å². The Labute approximate surface area is 123 Å². The van der Waals surface area contributed by atoms with Crippen molar-refractivity contribution >= 4 is 50.7 Å². The van der Waals surface area contributed by atoms with Crippen LogP contribution in [0.15, 0.2) is 18.2 Å². The van der Waals surface area contributed by atoms with Gasteiger partial charge in [0.25, 0.3) is 0 Å². The maximum atomic E-state index is 12.9. The first-order chi connectivity index (χ1) is 8.30. The molecule has 0 unspecified atom stereocenters. The Kier molecular flexibility index (Phi) is 3.75. The molecule has 0 fully saturated rings. The number of aromatic nitrogens is 1. The van der Waals surface area contributed by atoms with Gasteiger partial charge < -0.3 is 5.73 Å². The predicted octanol–water partition coefficient (Wildman–Crippen LogP) is 4.67. The number of halogens is 5. The Morgan fingerprint density at radius 3 is 2.50 bits per heavy atom. The van der Waals surface area contributed by atoms with E-state index in [9.17, 15) is 13.2 Å². The topological polar surface area (TPSA) is 38.9 Å². The number of benzene rings is 1. The molecule has 96 valence electrons. The van der Waals surface area contributed by atoms with E-state index in [1.54, 1.807) is 0 Å². The molecule has 0 aliphatic heterocycles. The lowest BCUT2D eigenvalue weighted by atomic mass is 10.0. The highest BCUT2D eigenvalue weighted by Crippen LogP contribution is 2.43. The van der Waals surface area contributed by atoms with E-state index < -0.39 is 11.7 Å². The number of thiazole rings is 1. The Morgan fingerprint density at radius 2 is 2.00 bits per heavy atom. The summed E-state index contributed by atoms with van der Waals surface area (Å²) in [7, 11) is 0. The number of nitrogens with two attached hydrogens (primary N) is 1. The summed E-state index contributed by atoms with van der Waals surface area (Å²) in [5, 5.41) is 0.218. The number of rotatable bonds is 1. The van der Waals surface area contributed by atoms with Gasteiger partial charge >= 0.3 is 6.18 Å². The fourth-order valence-electron chi connectivity index (χ4n) is 1.47. The lowest BCUT2D eigenvalue weighted by Crippen LogP contribution is -2.07. The number of anilines is 1. The van der Waals surface area contributed by atoms with E-state index in [4.69, 9.17) is 17.3 Å². The molecule has 0 radical (unpaired) electrons. The molecule has 2 aromatic rings. The first-order valence-electron chi connectivity index (χ1n) is 4.58. The molecule has 0 saturated carbocycles. The summed E-state index contributed by atoms with van der Waals surface area (Å²) in [5.41, 5.74) is 4.75. The number of hydrogen-bond donors (Lipinski definition) is 1. The maximum Gasteiger partial charge on any atom is 0.417 e. The van der Waals surface area contributed by atoms with Crippen LogP contribution in [0.4, 0.5) is 18.3 Å². The highest BCUT2D eigenvalue weighted by molar-refractivity contribution is 14.1. The Balaban J connectivity index is 2.74. The molecule has 1 aromatic heterocycles. The molecule has 0 spiro atoms. The largest absolute Gasteiger partial charge is 0.417 e. The summed E-state index contributed by atoms with van der Waals surface area (Å²) in [5.74, 6) is 0. The zero-order chi connectivity index (χ0) is 13.5. The van der Waals surface area contributed by atoms with Gasteiger partial charge in [0.05, 0.1) is 19.2 Å². The van der Waals surface area contributed by atoms with Crippen molar-refractivity contribution in [1.29, 1.82) is 0 Å². The minimum atomic E-state index is -4.48. The molecule has 1 heterocycles. The summed E-state index contributed by atoms with van der Waals surface area (Å²) in [4.78, 5) is 3.92. The van der Waals surface area contributed by atoms with Gasteiger partial charge in [0.2, 0.25) is 0 Å². The summed E-state index contributed by atoms with van der Waals surface area (Å²) in [6.07, 6.45) is -4.48. The molecule has 0 aliphatic rings. The van der Waals surface area contributed by atoms with Crippen molar-refractivity contribution in [3.05, 3.63) is 31.7 Å². The minimum Gasteiger partial charge on any atom is -0.375 e. The SMILES string of the molecule is Nc1nc(-c2c(Cl)cccc2C(F)(F)F)c(I)s1. The van der Waals surface area contributed by atoms with Crippen LogP contribution < -0.4 is 5.73 Å². The molecule has 2 nitrogen and oxygen atoms in total. The third kappa shape index (κ3) is 2.57. The van der Waals surface area contributed by atoms with Gasteiger partial charge in [-0.3, -0.25) is 0 Å². The first-order valence-corrected chi connectivity index (χ1v) is 6.86. The zero-order valence-corrected chi connectivity index (χ0v) is 12.3. The number of nitrogen functional groups attached to an aromatic ring is 1. The molecule has 0 bridgehead atoms.